The van der Waals surface area contributed by atoms with Crippen LogP contribution in [0.4, 0.5) is 0 Å². The molecular formula is C6H6N2O2. The van der Waals surface area contributed by atoms with E-state index in [1.165, 1.54) is 0 Å². The summed E-state index contributed by atoms with van der Waals surface area (Å²) in [5.74, 6) is 0.0976. The minimum absolute atomic E-state index is 0.0976. The fourth-order valence-electron chi connectivity index (χ4n) is 0.871. The Morgan fingerprint density at radius 3 is 1.90 bits per heavy atom. The van der Waals surface area contributed by atoms with Gasteiger partial charge in [0.15, 0.2) is 0 Å². The lowest BCUT2D eigenvalue weighted by Crippen LogP contribution is -1.73. The van der Waals surface area contributed by atoms with Crippen molar-refractivity contribution in [3.05, 3.63) is 33.4 Å². The Labute approximate surface area is 57.6 Å². The topological polar surface area (TPSA) is 58.9 Å². The SMILES string of the molecule is CC1C=C(N=O)C(N=O)=C1. The zero-order chi connectivity index (χ0) is 7.56. The van der Waals surface area contributed by atoms with Crippen LogP contribution in [0.25, 0.3) is 0 Å². The standard InChI is InChI=1S/C6H6N2O2/c1-4-2-5(7-9)6(3-4)8-10/h2-4H,1H3. The van der Waals surface area contributed by atoms with Gasteiger partial charge in [0.2, 0.25) is 0 Å². The van der Waals surface area contributed by atoms with Crippen LogP contribution >= 0.6 is 0 Å². The van der Waals surface area contributed by atoms with E-state index in [0.29, 0.717) is 0 Å². The first-order chi connectivity index (χ1) is 4.77. The van der Waals surface area contributed by atoms with Crippen molar-refractivity contribution in [2.24, 2.45) is 16.3 Å². The van der Waals surface area contributed by atoms with Crippen molar-refractivity contribution in [1.82, 2.24) is 0 Å². The maximum atomic E-state index is 9.96. The minimum Gasteiger partial charge on any atom is -0.145 e. The molecule has 0 amide bonds. The fourth-order valence-corrected chi connectivity index (χ4v) is 0.871. The maximum absolute atomic E-state index is 9.96. The summed E-state index contributed by atoms with van der Waals surface area (Å²) in [6.07, 6.45) is 3.20. The molecule has 1 aliphatic rings. The molecule has 0 radical (unpaired) electrons. The zero-order valence-electron chi connectivity index (χ0n) is 5.44. The summed E-state index contributed by atoms with van der Waals surface area (Å²) in [4.78, 5) is 19.9. The fraction of sp³-hybridized carbons (Fsp3) is 0.333. The Kier molecular flexibility index (Phi) is 1.71. The molecular weight excluding hydrogens is 132 g/mol. The number of rotatable bonds is 2. The van der Waals surface area contributed by atoms with Gasteiger partial charge >= 0.3 is 0 Å². The number of nitrogens with zero attached hydrogens (tertiary/aromatic N) is 2. The van der Waals surface area contributed by atoms with E-state index in [9.17, 15) is 9.81 Å². The van der Waals surface area contributed by atoms with Gasteiger partial charge in [0, 0.05) is 0 Å². The second-order valence-electron chi connectivity index (χ2n) is 2.15. The van der Waals surface area contributed by atoms with Gasteiger partial charge in [-0.05, 0) is 28.4 Å². The molecule has 0 saturated carbocycles. The van der Waals surface area contributed by atoms with Crippen LogP contribution in [0.15, 0.2) is 33.9 Å². The van der Waals surface area contributed by atoms with Crippen LogP contribution in [0.1, 0.15) is 6.92 Å². The molecule has 0 saturated heterocycles. The van der Waals surface area contributed by atoms with Gasteiger partial charge in [0.05, 0.1) is 0 Å². The van der Waals surface area contributed by atoms with Crippen LogP contribution in [-0.4, -0.2) is 0 Å². The van der Waals surface area contributed by atoms with Crippen molar-refractivity contribution in [2.75, 3.05) is 0 Å². The first-order valence-electron chi connectivity index (χ1n) is 2.88. The first kappa shape index (κ1) is 6.80. The van der Waals surface area contributed by atoms with Gasteiger partial charge in [-0.1, -0.05) is 6.92 Å². The van der Waals surface area contributed by atoms with Gasteiger partial charge in [-0.25, -0.2) is 0 Å². The van der Waals surface area contributed by atoms with E-state index in [-0.39, 0.29) is 17.3 Å². The number of allylic oxidation sites excluding steroid dienone is 2. The molecule has 0 bridgehead atoms. The van der Waals surface area contributed by atoms with Crippen molar-refractivity contribution < 1.29 is 0 Å². The van der Waals surface area contributed by atoms with Crippen LogP contribution in [0.3, 0.4) is 0 Å². The molecule has 0 N–H and O–H groups in total. The highest BCUT2D eigenvalue weighted by molar-refractivity contribution is 5.36. The lowest BCUT2D eigenvalue weighted by atomic mass is 10.2. The molecule has 0 unspecified atom stereocenters. The van der Waals surface area contributed by atoms with Gasteiger partial charge in [0.1, 0.15) is 11.4 Å². The molecule has 0 fully saturated rings. The number of nitroso groups, excluding NO2 is 2. The summed E-state index contributed by atoms with van der Waals surface area (Å²) < 4.78 is 0. The molecule has 0 spiro atoms. The highest BCUT2D eigenvalue weighted by atomic mass is 16.3. The Hall–Kier alpha value is -1.32. The summed E-state index contributed by atoms with van der Waals surface area (Å²) in [5.41, 5.74) is 0.310. The van der Waals surface area contributed by atoms with E-state index >= 15 is 0 Å². The Morgan fingerprint density at radius 2 is 1.60 bits per heavy atom. The smallest absolute Gasteiger partial charge is 0.133 e. The van der Waals surface area contributed by atoms with Gasteiger partial charge in [-0.3, -0.25) is 0 Å². The second-order valence-corrected chi connectivity index (χ2v) is 2.15. The number of hydrogen-bond acceptors (Lipinski definition) is 4. The Morgan fingerprint density at radius 1 is 1.20 bits per heavy atom. The van der Waals surface area contributed by atoms with Gasteiger partial charge in [-0.2, -0.15) is 0 Å². The highest BCUT2D eigenvalue weighted by Gasteiger charge is 2.15. The average Bonchev–Trinajstić information content (AvgIpc) is 2.30. The molecule has 0 aromatic rings. The Balaban J connectivity index is 2.93. The molecule has 0 aromatic carbocycles. The summed E-state index contributed by atoms with van der Waals surface area (Å²) in [5, 5.41) is 5.28. The van der Waals surface area contributed by atoms with E-state index in [2.05, 4.69) is 10.4 Å². The van der Waals surface area contributed by atoms with Crippen LogP contribution < -0.4 is 0 Å². The molecule has 52 valence electrons. The molecule has 4 nitrogen and oxygen atoms in total. The summed E-state index contributed by atoms with van der Waals surface area (Å²) in [6.45, 7) is 1.85. The molecule has 0 aromatic heterocycles. The quantitative estimate of drug-likeness (QED) is 0.547. The van der Waals surface area contributed by atoms with E-state index in [0.717, 1.165) is 0 Å². The molecule has 4 heteroatoms. The van der Waals surface area contributed by atoms with Gasteiger partial charge < -0.3 is 0 Å². The Bertz CT molecular complexity index is 206. The van der Waals surface area contributed by atoms with Crippen LogP contribution in [0.2, 0.25) is 0 Å². The van der Waals surface area contributed by atoms with E-state index in [4.69, 9.17) is 0 Å². The normalized spacial score (nSPS) is 18.1. The predicted octanol–water partition coefficient (Wildman–Crippen LogP) is 1.94. The third-order valence-electron chi connectivity index (χ3n) is 1.30. The summed E-state index contributed by atoms with van der Waals surface area (Å²) in [7, 11) is 0. The summed E-state index contributed by atoms with van der Waals surface area (Å²) >= 11 is 0. The van der Waals surface area contributed by atoms with E-state index in [1.54, 1.807) is 12.2 Å². The first-order valence-corrected chi connectivity index (χ1v) is 2.88. The van der Waals surface area contributed by atoms with E-state index < -0.39 is 0 Å². The van der Waals surface area contributed by atoms with Crippen molar-refractivity contribution in [3.63, 3.8) is 0 Å². The monoisotopic (exact) mass is 138 g/mol. The largest absolute Gasteiger partial charge is 0.145 e. The van der Waals surface area contributed by atoms with Crippen molar-refractivity contribution in [3.8, 4) is 0 Å². The zero-order valence-corrected chi connectivity index (χ0v) is 5.44. The lowest BCUT2D eigenvalue weighted by Gasteiger charge is -1.83. The van der Waals surface area contributed by atoms with Crippen LogP contribution in [-0.2, 0) is 0 Å². The van der Waals surface area contributed by atoms with E-state index in [1.807, 2.05) is 6.92 Å². The third-order valence-corrected chi connectivity index (χ3v) is 1.30. The third kappa shape index (κ3) is 1.00. The van der Waals surface area contributed by atoms with Crippen LogP contribution in [0, 0.1) is 15.7 Å². The van der Waals surface area contributed by atoms with Gasteiger partial charge in [-0.15, -0.1) is 9.81 Å². The predicted molar refractivity (Wildman–Crippen MR) is 36.9 cm³/mol. The summed E-state index contributed by atoms with van der Waals surface area (Å²) in [6, 6.07) is 0. The van der Waals surface area contributed by atoms with Crippen molar-refractivity contribution >= 4 is 0 Å². The highest BCUT2D eigenvalue weighted by Crippen LogP contribution is 2.24. The second kappa shape index (κ2) is 2.51. The van der Waals surface area contributed by atoms with Crippen molar-refractivity contribution in [1.29, 1.82) is 0 Å². The molecule has 10 heavy (non-hydrogen) atoms. The lowest BCUT2D eigenvalue weighted by molar-refractivity contribution is 0.951. The maximum Gasteiger partial charge on any atom is 0.133 e. The van der Waals surface area contributed by atoms with Crippen molar-refractivity contribution in [2.45, 2.75) is 6.92 Å². The van der Waals surface area contributed by atoms with Gasteiger partial charge in [0.25, 0.3) is 0 Å². The average molecular weight is 138 g/mol. The molecule has 1 rings (SSSR count). The minimum atomic E-state index is 0.0976. The molecule has 0 aliphatic heterocycles. The molecule has 0 atom stereocenters. The molecule has 0 heterocycles. The molecule has 1 aliphatic carbocycles. The number of hydrogen-bond donors (Lipinski definition) is 0. The van der Waals surface area contributed by atoms with Crippen LogP contribution in [0.5, 0.6) is 0 Å².